The Kier molecular flexibility index (Phi) is 6.26. The third-order valence-electron chi connectivity index (χ3n) is 5.25. The van der Waals surface area contributed by atoms with Gasteiger partial charge in [0.1, 0.15) is 6.04 Å². The summed E-state index contributed by atoms with van der Waals surface area (Å²) in [6.45, 7) is 1.27. The molecule has 10 heteroatoms. The fourth-order valence-corrected chi connectivity index (χ4v) is 4.46. The fourth-order valence-electron chi connectivity index (χ4n) is 3.74. The summed E-state index contributed by atoms with van der Waals surface area (Å²) in [4.78, 5) is 39.6. The van der Waals surface area contributed by atoms with Crippen molar-refractivity contribution in [2.75, 3.05) is 13.3 Å². The summed E-state index contributed by atoms with van der Waals surface area (Å²) in [7, 11) is 0. The summed E-state index contributed by atoms with van der Waals surface area (Å²) in [5, 5.41) is 16.7. The predicted octanol–water partition coefficient (Wildman–Crippen LogP) is 2.48. The molecule has 0 bridgehead atoms. The number of hydrogen-bond acceptors (Lipinski definition) is 6. The molecule has 3 heterocycles. The average Bonchev–Trinajstić information content (AvgIpc) is 3.41. The molecule has 2 atom stereocenters. The van der Waals surface area contributed by atoms with Gasteiger partial charge in [0.05, 0.1) is 19.0 Å². The van der Waals surface area contributed by atoms with Crippen LogP contribution in [0.2, 0.25) is 0 Å². The van der Waals surface area contributed by atoms with Crippen molar-refractivity contribution in [2.24, 2.45) is 0 Å². The number of likely N-dealkylation sites (tertiary alicyclic amines) is 1. The first-order chi connectivity index (χ1) is 15.0. The van der Waals surface area contributed by atoms with Crippen molar-refractivity contribution in [3.05, 3.63) is 46.2 Å². The Hall–Kier alpha value is -3.27. The maximum atomic E-state index is 12.8. The molecule has 0 aliphatic carbocycles. The lowest BCUT2D eigenvalue weighted by Crippen LogP contribution is -2.54. The number of rotatable bonds is 7. The van der Waals surface area contributed by atoms with Crippen LogP contribution in [0.5, 0.6) is 11.5 Å². The molecule has 1 fully saturated rings. The molecule has 31 heavy (non-hydrogen) atoms. The van der Waals surface area contributed by atoms with Crippen LogP contribution in [0.1, 0.15) is 35.7 Å². The van der Waals surface area contributed by atoms with Gasteiger partial charge in [0.25, 0.3) is 0 Å². The number of carboxylic acids is 1. The van der Waals surface area contributed by atoms with Crippen molar-refractivity contribution in [1.29, 1.82) is 0 Å². The van der Waals surface area contributed by atoms with Crippen molar-refractivity contribution in [1.82, 2.24) is 15.5 Å². The summed E-state index contributed by atoms with van der Waals surface area (Å²) in [6.07, 6.45) is 1.01. The van der Waals surface area contributed by atoms with Gasteiger partial charge < -0.3 is 30.1 Å². The van der Waals surface area contributed by atoms with Crippen LogP contribution in [0.15, 0.2) is 35.7 Å². The second kappa shape index (κ2) is 9.25. The zero-order valence-corrected chi connectivity index (χ0v) is 17.5. The zero-order valence-electron chi connectivity index (χ0n) is 16.7. The Bertz CT molecular complexity index is 964. The molecule has 2 aliphatic heterocycles. The molecular weight excluding hydrogens is 422 g/mol. The molecule has 4 rings (SSSR count). The van der Waals surface area contributed by atoms with E-state index in [4.69, 9.17) is 9.47 Å². The molecular formula is C21H23N3O6S. The van der Waals surface area contributed by atoms with Crippen LogP contribution in [0.3, 0.4) is 0 Å². The van der Waals surface area contributed by atoms with Gasteiger partial charge in [-0.25, -0.2) is 4.79 Å². The molecule has 1 aromatic heterocycles. The number of benzene rings is 1. The van der Waals surface area contributed by atoms with E-state index >= 15 is 0 Å². The number of aliphatic carboxylic acids is 1. The van der Waals surface area contributed by atoms with Crippen molar-refractivity contribution in [3.8, 4) is 11.5 Å². The summed E-state index contributed by atoms with van der Waals surface area (Å²) >= 11 is 1.59. The van der Waals surface area contributed by atoms with Crippen molar-refractivity contribution in [2.45, 2.75) is 37.9 Å². The second-order valence-corrected chi connectivity index (χ2v) is 8.45. The van der Waals surface area contributed by atoms with Crippen LogP contribution >= 0.6 is 11.3 Å². The molecule has 164 valence electrons. The van der Waals surface area contributed by atoms with Crippen LogP contribution in [0.4, 0.5) is 4.79 Å². The summed E-state index contributed by atoms with van der Waals surface area (Å²) in [5.41, 5.74) is 0.580. The van der Waals surface area contributed by atoms with Crippen LogP contribution in [-0.2, 0) is 16.1 Å². The summed E-state index contributed by atoms with van der Waals surface area (Å²) in [5.74, 6) is -0.116. The van der Waals surface area contributed by atoms with E-state index in [1.54, 1.807) is 34.4 Å². The maximum absolute atomic E-state index is 12.8. The lowest BCUT2D eigenvalue weighted by atomic mass is 10.0. The molecule has 0 unspecified atom stereocenters. The van der Waals surface area contributed by atoms with Gasteiger partial charge in [-0.05, 0) is 42.0 Å². The number of thiophene rings is 1. The summed E-state index contributed by atoms with van der Waals surface area (Å²) < 4.78 is 10.6. The summed E-state index contributed by atoms with van der Waals surface area (Å²) in [6, 6.07) is 6.93. The lowest BCUT2D eigenvalue weighted by Gasteiger charge is -2.32. The van der Waals surface area contributed by atoms with Crippen LogP contribution in [0, 0.1) is 0 Å². The Morgan fingerprint density at radius 2 is 2.10 bits per heavy atom. The highest BCUT2D eigenvalue weighted by Gasteiger charge is 2.31. The fraction of sp³-hybridized carbons (Fsp3) is 0.381. The molecule has 0 radical (unpaired) electrons. The normalized spacial score (nSPS) is 18.5. The van der Waals surface area contributed by atoms with Crippen LogP contribution in [0.25, 0.3) is 0 Å². The molecule has 1 saturated heterocycles. The highest BCUT2D eigenvalue weighted by atomic mass is 32.1. The molecule has 2 aliphatic rings. The minimum atomic E-state index is -1.06. The Labute approximate surface area is 182 Å². The van der Waals surface area contributed by atoms with E-state index in [1.807, 2.05) is 17.5 Å². The molecule has 3 amide bonds. The van der Waals surface area contributed by atoms with E-state index in [0.29, 0.717) is 36.6 Å². The molecule has 0 spiro atoms. The van der Waals surface area contributed by atoms with Gasteiger partial charge in [0.15, 0.2) is 11.5 Å². The zero-order chi connectivity index (χ0) is 21.8. The van der Waals surface area contributed by atoms with Crippen molar-refractivity contribution in [3.63, 3.8) is 0 Å². The topological polar surface area (TPSA) is 117 Å². The minimum Gasteiger partial charge on any atom is -0.481 e. The maximum Gasteiger partial charge on any atom is 0.315 e. The number of amides is 3. The van der Waals surface area contributed by atoms with Gasteiger partial charge in [0, 0.05) is 11.4 Å². The smallest absolute Gasteiger partial charge is 0.315 e. The number of urea groups is 1. The number of carboxylic acid groups (broad SMARTS) is 1. The number of ether oxygens (including phenoxy) is 2. The number of nitrogens with zero attached hydrogens (tertiary/aromatic N) is 1. The van der Waals surface area contributed by atoms with Crippen molar-refractivity contribution < 1.29 is 29.0 Å². The van der Waals surface area contributed by atoms with E-state index < -0.39 is 24.1 Å². The highest BCUT2D eigenvalue weighted by molar-refractivity contribution is 7.09. The Morgan fingerprint density at radius 3 is 2.87 bits per heavy atom. The lowest BCUT2D eigenvalue weighted by molar-refractivity contribution is -0.138. The quantitative estimate of drug-likeness (QED) is 0.603. The van der Waals surface area contributed by atoms with E-state index in [1.165, 1.54) is 0 Å². The number of carbonyl (C=O) groups excluding carboxylic acids is 2. The standard InChI is InChI=1S/C21H23N3O6S/c25-19(26)10-16(13-5-6-17-18(9-13)30-12-29-17)23-21(28)22-15-4-1-7-24(20(15)27)11-14-3-2-8-31-14/h2-3,5-6,8-9,15-16H,1,4,7,10-12H2,(H,25,26)(H2,22,23,28)/t15-,16-/m1/s1. The molecule has 9 nitrogen and oxygen atoms in total. The largest absolute Gasteiger partial charge is 0.481 e. The SMILES string of the molecule is O=C(O)C[C@@H](NC(=O)N[C@@H]1CCCN(Cc2cccs2)C1=O)c1ccc2c(c1)OCO2. The first-order valence-electron chi connectivity index (χ1n) is 9.99. The third-order valence-corrected chi connectivity index (χ3v) is 6.11. The van der Waals surface area contributed by atoms with Gasteiger partial charge in [-0.3, -0.25) is 9.59 Å². The Morgan fingerprint density at radius 1 is 1.26 bits per heavy atom. The number of carbonyl (C=O) groups is 3. The van der Waals surface area contributed by atoms with E-state index in [0.717, 1.165) is 11.3 Å². The van der Waals surface area contributed by atoms with Gasteiger partial charge in [0.2, 0.25) is 12.7 Å². The first-order valence-corrected chi connectivity index (χ1v) is 10.9. The predicted molar refractivity (Wildman–Crippen MR) is 112 cm³/mol. The van der Waals surface area contributed by atoms with Crippen LogP contribution < -0.4 is 20.1 Å². The minimum absolute atomic E-state index is 0.0993. The number of piperidine rings is 1. The number of fused-ring (bicyclic) bond motifs is 1. The molecule has 3 N–H and O–H groups in total. The van der Waals surface area contributed by atoms with Gasteiger partial charge in [-0.1, -0.05) is 12.1 Å². The number of nitrogens with one attached hydrogen (secondary N) is 2. The van der Waals surface area contributed by atoms with E-state index in [2.05, 4.69) is 10.6 Å². The third kappa shape index (κ3) is 5.08. The first kappa shape index (κ1) is 21.0. The van der Waals surface area contributed by atoms with Crippen molar-refractivity contribution >= 4 is 29.2 Å². The molecule has 1 aromatic carbocycles. The van der Waals surface area contributed by atoms with Gasteiger partial charge in [-0.2, -0.15) is 0 Å². The molecule has 2 aromatic rings. The average molecular weight is 445 g/mol. The highest BCUT2D eigenvalue weighted by Crippen LogP contribution is 2.34. The number of hydrogen-bond donors (Lipinski definition) is 3. The van der Waals surface area contributed by atoms with Crippen LogP contribution in [-0.4, -0.2) is 47.3 Å². The monoisotopic (exact) mass is 445 g/mol. The van der Waals surface area contributed by atoms with Gasteiger partial charge in [-0.15, -0.1) is 11.3 Å². The van der Waals surface area contributed by atoms with E-state index in [-0.39, 0.29) is 19.1 Å². The van der Waals surface area contributed by atoms with E-state index in [9.17, 15) is 19.5 Å². The molecule has 0 saturated carbocycles. The Balaban J connectivity index is 1.40. The van der Waals surface area contributed by atoms with Gasteiger partial charge >= 0.3 is 12.0 Å². The second-order valence-electron chi connectivity index (χ2n) is 7.41.